The normalized spacial score (nSPS) is 20.9. The fourth-order valence-corrected chi connectivity index (χ4v) is 11.4. The summed E-state index contributed by atoms with van der Waals surface area (Å²) in [7, 11) is 0. The number of nitrogens with zero attached hydrogens (tertiary/aromatic N) is 5. The van der Waals surface area contributed by atoms with Crippen molar-refractivity contribution in [2.45, 2.75) is 133 Å². The van der Waals surface area contributed by atoms with E-state index in [1.54, 1.807) is 85.8 Å². The largest absolute Gasteiger partial charge is 0.445 e. The van der Waals surface area contributed by atoms with Crippen LogP contribution in [0.4, 0.5) is 57.5 Å². The lowest BCUT2D eigenvalue weighted by molar-refractivity contribution is -0.145. The van der Waals surface area contributed by atoms with Gasteiger partial charge in [0.15, 0.2) is 11.6 Å². The van der Waals surface area contributed by atoms with E-state index in [1.165, 1.54) is 29.6 Å². The number of ketones is 2. The Balaban J connectivity index is 0.000000293. The SMILES string of the molecule is C.C.C=CC(=O)[C@]1(n2cn[nH]c2=O)CC[C@@](CO[C@H](C)c2cc(C(F)(F)F)cc(C(F)(F)F)c2)(c2ccccc2)N(C(=O)OCc2ccccc2)C1.CCC(=O)[C@]1(n2cn[nH]c2=O)CC[C@@](CO[C@H](C)c2cc(C(F)(F)F)cc(C(F)(F)F)c2)(c2ccccc2)NC1. The lowest BCUT2D eigenvalue weighted by Gasteiger charge is -2.52. The van der Waals surface area contributed by atoms with Crippen LogP contribution in [-0.2, 0) is 77.3 Å². The van der Waals surface area contributed by atoms with Crippen molar-refractivity contribution in [2.75, 3.05) is 26.3 Å². The number of carbonyl (C=O) groups is 3. The first-order chi connectivity index (χ1) is 42.3. The molecule has 3 N–H and O–H groups in total. The monoisotopic (exact) mass is 1300 g/mol. The molecule has 5 aromatic carbocycles. The molecule has 0 bridgehead atoms. The number of aromatic nitrogens is 6. The van der Waals surface area contributed by atoms with Crippen LogP contribution in [0, 0.1) is 0 Å². The Morgan fingerprint density at radius 2 is 1.02 bits per heavy atom. The Kier molecular flexibility index (Phi) is 22.4. The number of rotatable bonds is 18. The number of Topliss-reactive ketones (excluding diaryl/α,β-unsaturated/α-hetero) is 1. The van der Waals surface area contributed by atoms with Gasteiger partial charge in [0, 0.05) is 13.0 Å². The average molecular weight is 1310 g/mol. The molecule has 0 unspecified atom stereocenters. The van der Waals surface area contributed by atoms with Gasteiger partial charge in [-0.1, -0.05) is 119 Å². The van der Waals surface area contributed by atoms with Crippen LogP contribution in [0.3, 0.4) is 0 Å². The van der Waals surface area contributed by atoms with E-state index in [0.29, 0.717) is 35.4 Å². The summed E-state index contributed by atoms with van der Waals surface area (Å²) in [5, 5.41) is 15.4. The molecule has 2 fully saturated rings. The average Bonchev–Trinajstić information content (AvgIpc) is 1.06. The lowest BCUT2D eigenvalue weighted by atomic mass is 9.73. The Morgan fingerprint density at radius 1 is 0.598 bits per heavy atom. The van der Waals surface area contributed by atoms with E-state index >= 15 is 0 Å². The van der Waals surface area contributed by atoms with E-state index in [0.717, 1.165) is 22.5 Å². The number of alkyl halides is 12. The molecule has 0 radical (unpaired) electrons. The number of hydrogen-bond donors (Lipinski definition) is 3. The predicted octanol–water partition coefficient (Wildman–Crippen LogP) is 13.8. The minimum Gasteiger partial charge on any atom is -0.445 e. The topological polar surface area (TPSA) is 196 Å². The third kappa shape index (κ3) is 15.5. The first kappa shape index (κ1) is 72.4. The number of piperidine rings is 2. The van der Waals surface area contributed by atoms with Crippen molar-refractivity contribution in [3.8, 4) is 0 Å². The molecular weight excluding hydrogens is 1240 g/mol. The number of halogens is 12. The van der Waals surface area contributed by atoms with Crippen LogP contribution in [-0.4, -0.2) is 78.4 Å². The summed E-state index contributed by atoms with van der Waals surface area (Å²) in [6.07, 6.45) is -19.6. The third-order valence-electron chi connectivity index (χ3n) is 16.5. The Hall–Kier alpha value is -8.63. The third-order valence-corrected chi connectivity index (χ3v) is 16.5. The summed E-state index contributed by atoms with van der Waals surface area (Å²) in [6.45, 7) is 6.75. The smallest absolute Gasteiger partial charge is 0.416 e. The van der Waals surface area contributed by atoms with Gasteiger partial charge in [0.2, 0.25) is 0 Å². The Labute approximate surface area is 520 Å². The highest BCUT2D eigenvalue weighted by Gasteiger charge is 2.56. The van der Waals surface area contributed by atoms with Gasteiger partial charge in [0.05, 0.1) is 65.3 Å². The van der Waals surface area contributed by atoms with E-state index < -0.39 is 123 Å². The first-order valence-corrected chi connectivity index (χ1v) is 27.9. The summed E-state index contributed by atoms with van der Waals surface area (Å²) in [4.78, 5) is 67.4. The zero-order valence-electron chi connectivity index (χ0n) is 48.3. The molecule has 7 aromatic rings. The number of aromatic amines is 2. The molecule has 9 rings (SSSR count). The van der Waals surface area contributed by atoms with E-state index in [-0.39, 0.29) is 90.2 Å². The van der Waals surface area contributed by atoms with Gasteiger partial charge in [-0.3, -0.25) is 23.6 Å². The predicted molar refractivity (Wildman–Crippen MR) is 313 cm³/mol. The van der Waals surface area contributed by atoms with Crippen molar-refractivity contribution >= 4 is 17.7 Å². The number of nitrogens with one attached hydrogen (secondary N) is 3. The molecule has 0 saturated carbocycles. The van der Waals surface area contributed by atoms with Gasteiger partial charge >= 0.3 is 42.2 Å². The molecule has 0 aliphatic carbocycles. The minimum absolute atomic E-state index is 0. The van der Waals surface area contributed by atoms with Crippen molar-refractivity contribution in [3.05, 3.63) is 224 Å². The van der Waals surface area contributed by atoms with Gasteiger partial charge in [-0.05, 0) is 110 Å². The summed E-state index contributed by atoms with van der Waals surface area (Å²) in [5.74, 6) is -0.801. The van der Waals surface area contributed by atoms with Crippen LogP contribution in [0.15, 0.2) is 162 Å². The molecule has 92 heavy (non-hydrogen) atoms. The number of H-pyrrole nitrogens is 2. The number of allylic oxidation sites excluding steroid dienone is 1. The number of hydrogen-bond acceptors (Lipinski definition) is 11. The fraction of sp³-hybridized carbons (Fsp3) is 0.391. The summed E-state index contributed by atoms with van der Waals surface area (Å²) in [6, 6.07) is 28.7. The van der Waals surface area contributed by atoms with Crippen LogP contribution in [0.25, 0.3) is 0 Å². The summed E-state index contributed by atoms with van der Waals surface area (Å²) >= 11 is 0. The van der Waals surface area contributed by atoms with Crippen molar-refractivity contribution in [3.63, 3.8) is 0 Å². The quantitative estimate of drug-likeness (QED) is 0.0546. The second-order valence-corrected chi connectivity index (χ2v) is 21.9. The molecule has 16 nitrogen and oxygen atoms in total. The van der Waals surface area contributed by atoms with Gasteiger partial charge in [-0.15, -0.1) is 0 Å². The summed E-state index contributed by atoms with van der Waals surface area (Å²) < 4.78 is 183. The highest BCUT2D eigenvalue weighted by atomic mass is 19.4. The van der Waals surface area contributed by atoms with Crippen LogP contribution < -0.4 is 16.7 Å². The highest BCUT2D eigenvalue weighted by molar-refractivity contribution is 5.96. The second-order valence-electron chi connectivity index (χ2n) is 21.9. The lowest BCUT2D eigenvalue weighted by Crippen LogP contribution is -2.65. The standard InChI is InChI=1S/C35H32F6N4O5.C27H28F6N4O3.2CH4/c1-3-29(46)32(45-22-42-43-30(45)47)14-15-33(26-12-8-5-9-13-26,44(20-32)31(48)49-19-24-10-6-4-7-11-24)21-50-23(2)25-16-27(34(36,37)38)18-28(17-25)35(39,40)41;1-3-22(38)25(37-16-35-36-23(37)39)10-9-24(34-14-25,19-7-5-4-6-8-19)15-40-17(2)18-11-20(26(28,29)30)13-21(12-18)27(31,32)33;;/h3-13,16-18,22-23H,1,14-15,19-21H2,2H3,(H,43,47);4-8,11-13,16-17,34H,3,9-10,14-15H2,1-2H3,(H,36,39);2*1H4/t23-,32+,33-;17-,24-,25+;;/m11../s1. The first-order valence-electron chi connectivity index (χ1n) is 27.9. The molecule has 4 heterocycles. The number of amides is 1. The van der Waals surface area contributed by atoms with Crippen LogP contribution >= 0.6 is 0 Å². The van der Waals surface area contributed by atoms with Crippen molar-refractivity contribution in [2.24, 2.45) is 0 Å². The molecular formula is C64H68F12N8O8. The fourth-order valence-electron chi connectivity index (χ4n) is 11.4. The van der Waals surface area contributed by atoms with Crippen LogP contribution in [0.1, 0.15) is 130 Å². The minimum atomic E-state index is -5.07. The van der Waals surface area contributed by atoms with Gasteiger partial charge in [-0.25, -0.2) is 24.6 Å². The number of benzene rings is 5. The number of carbonyl (C=O) groups excluding carboxylic acids is 3. The maximum Gasteiger partial charge on any atom is 0.416 e. The second kappa shape index (κ2) is 28.5. The van der Waals surface area contributed by atoms with Crippen LogP contribution in [0.2, 0.25) is 0 Å². The van der Waals surface area contributed by atoms with Gasteiger partial charge < -0.3 is 19.5 Å². The maximum atomic E-state index is 14.2. The van der Waals surface area contributed by atoms with Crippen LogP contribution in [0.5, 0.6) is 0 Å². The molecule has 496 valence electrons. The molecule has 28 heteroatoms. The molecule has 2 aromatic heterocycles. The van der Waals surface area contributed by atoms with Crippen molar-refractivity contribution < 1.29 is 81.3 Å². The molecule has 0 spiro atoms. The van der Waals surface area contributed by atoms with Gasteiger partial charge in [0.1, 0.15) is 30.3 Å². The molecule has 2 aliphatic rings. The number of likely N-dealkylation sites (tertiary alicyclic amines) is 1. The Bertz CT molecular complexity index is 3700. The zero-order chi connectivity index (χ0) is 65.7. The van der Waals surface area contributed by atoms with E-state index in [1.807, 2.05) is 12.1 Å². The van der Waals surface area contributed by atoms with E-state index in [2.05, 4.69) is 32.3 Å². The molecule has 2 saturated heterocycles. The molecule has 6 atom stereocenters. The number of ether oxygens (including phenoxy) is 3. The molecule has 1 amide bonds. The zero-order valence-corrected chi connectivity index (χ0v) is 48.3. The van der Waals surface area contributed by atoms with Gasteiger partial charge in [0.25, 0.3) is 0 Å². The molecule has 2 aliphatic heterocycles. The van der Waals surface area contributed by atoms with Crippen molar-refractivity contribution in [1.82, 2.24) is 39.7 Å². The van der Waals surface area contributed by atoms with Gasteiger partial charge in [-0.2, -0.15) is 62.9 Å². The maximum absolute atomic E-state index is 14.2. The van der Waals surface area contributed by atoms with E-state index in [4.69, 9.17) is 14.2 Å². The highest BCUT2D eigenvalue weighted by Crippen LogP contribution is 2.47. The van der Waals surface area contributed by atoms with Crippen molar-refractivity contribution in [1.29, 1.82) is 0 Å². The summed E-state index contributed by atoms with van der Waals surface area (Å²) in [5.41, 5.74) is -11.3. The van der Waals surface area contributed by atoms with E-state index in [9.17, 15) is 76.7 Å². The Morgan fingerprint density at radius 3 is 1.42 bits per heavy atom.